The second kappa shape index (κ2) is 7.63. The van der Waals surface area contributed by atoms with Gasteiger partial charge in [-0.3, -0.25) is 4.79 Å². The minimum Gasteiger partial charge on any atom is -0.481 e. The van der Waals surface area contributed by atoms with Crippen molar-refractivity contribution < 1.29 is 24.1 Å². The Labute approximate surface area is 102 Å². The van der Waals surface area contributed by atoms with Crippen LogP contribution in [0.15, 0.2) is 0 Å². The van der Waals surface area contributed by atoms with E-state index in [-0.39, 0.29) is 0 Å². The standard InChI is InChI=1S/C12H22O5/c1-15-9-10-16-6-2-3-12(11(13)14)4-7-17-8-5-12/h2-10H2,1H3,(H,13,14). The van der Waals surface area contributed by atoms with Gasteiger partial charge in [-0.2, -0.15) is 0 Å². The third-order valence-electron chi connectivity index (χ3n) is 3.28. The van der Waals surface area contributed by atoms with Gasteiger partial charge >= 0.3 is 5.97 Å². The Morgan fingerprint density at radius 3 is 2.59 bits per heavy atom. The summed E-state index contributed by atoms with van der Waals surface area (Å²) < 4.78 is 15.4. The van der Waals surface area contributed by atoms with E-state index in [9.17, 15) is 9.90 Å². The van der Waals surface area contributed by atoms with Crippen LogP contribution >= 0.6 is 0 Å². The molecular formula is C12H22O5. The zero-order valence-corrected chi connectivity index (χ0v) is 10.4. The highest BCUT2D eigenvalue weighted by Crippen LogP contribution is 2.35. The molecule has 0 atom stereocenters. The van der Waals surface area contributed by atoms with E-state index in [0.29, 0.717) is 52.3 Å². The number of carboxylic acids is 1. The average molecular weight is 246 g/mol. The van der Waals surface area contributed by atoms with Crippen LogP contribution in [-0.4, -0.2) is 51.2 Å². The summed E-state index contributed by atoms with van der Waals surface area (Å²) in [6.07, 6.45) is 2.66. The van der Waals surface area contributed by atoms with E-state index >= 15 is 0 Å². The highest BCUT2D eigenvalue weighted by molar-refractivity contribution is 5.74. The van der Waals surface area contributed by atoms with Crippen molar-refractivity contribution in [3.63, 3.8) is 0 Å². The molecule has 0 saturated carbocycles. The third-order valence-corrected chi connectivity index (χ3v) is 3.28. The quantitative estimate of drug-likeness (QED) is 0.654. The van der Waals surface area contributed by atoms with Crippen molar-refractivity contribution in [3.05, 3.63) is 0 Å². The predicted molar refractivity (Wildman–Crippen MR) is 62.1 cm³/mol. The SMILES string of the molecule is COCCOCCCC1(C(=O)O)CCOCC1. The van der Waals surface area contributed by atoms with Crippen LogP contribution in [0, 0.1) is 5.41 Å². The summed E-state index contributed by atoms with van der Waals surface area (Å²) in [6.45, 7) is 2.85. The molecule has 100 valence electrons. The smallest absolute Gasteiger partial charge is 0.309 e. The lowest BCUT2D eigenvalue weighted by molar-refractivity contribution is -0.155. The van der Waals surface area contributed by atoms with Crippen molar-refractivity contribution in [1.82, 2.24) is 0 Å². The van der Waals surface area contributed by atoms with Gasteiger partial charge in [-0.1, -0.05) is 0 Å². The summed E-state index contributed by atoms with van der Waals surface area (Å²) in [6, 6.07) is 0. The van der Waals surface area contributed by atoms with Gasteiger partial charge in [0.25, 0.3) is 0 Å². The van der Waals surface area contributed by atoms with Gasteiger partial charge in [0.05, 0.1) is 18.6 Å². The first-order valence-corrected chi connectivity index (χ1v) is 6.09. The van der Waals surface area contributed by atoms with Crippen LogP contribution < -0.4 is 0 Å². The Morgan fingerprint density at radius 1 is 1.29 bits per heavy atom. The van der Waals surface area contributed by atoms with E-state index in [4.69, 9.17) is 14.2 Å². The molecule has 1 fully saturated rings. The fraction of sp³-hybridized carbons (Fsp3) is 0.917. The summed E-state index contributed by atoms with van der Waals surface area (Å²) in [4.78, 5) is 11.3. The molecule has 1 saturated heterocycles. The number of aliphatic carboxylic acids is 1. The summed E-state index contributed by atoms with van der Waals surface area (Å²) in [5.74, 6) is -0.697. The van der Waals surface area contributed by atoms with E-state index in [0.717, 1.165) is 6.42 Å². The topological polar surface area (TPSA) is 65.0 Å². The minimum atomic E-state index is -0.697. The zero-order chi connectivity index (χ0) is 12.6. The second-order valence-electron chi connectivity index (χ2n) is 4.41. The van der Waals surface area contributed by atoms with Gasteiger partial charge < -0.3 is 19.3 Å². The second-order valence-corrected chi connectivity index (χ2v) is 4.41. The molecule has 0 radical (unpaired) electrons. The number of rotatable bonds is 8. The van der Waals surface area contributed by atoms with Gasteiger partial charge in [0.1, 0.15) is 0 Å². The molecule has 1 aliphatic rings. The van der Waals surface area contributed by atoms with E-state index in [1.54, 1.807) is 7.11 Å². The lowest BCUT2D eigenvalue weighted by Crippen LogP contribution is -2.37. The number of hydrogen-bond donors (Lipinski definition) is 1. The van der Waals surface area contributed by atoms with Gasteiger partial charge in [0.15, 0.2) is 0 Å². The highest BCUT2D eigenvalue weighted by Gasteiger charge is 2.39. The first-order valence-electron chi connectivity index (χ1n) is 6.09. The molecule has 17 heavy (non-hydrogen) atoms. The normalized spacial score (nSPS) is 19.1. The Morgan fingerprint density at radius 2 is 2.00 bits per heavy atom. The number of methoxy groups -OCH3 is 1. The number of carboxylic acid groups (broad SMARTS) is 1. The molecule has 0 aliphatic carbocycles. The third kappa shape index (κ3) is 4.61. The molecule has 1 rings (SSSR count). The van der Waals surface area contributed by atoms with E-state index in [2.05, 4.69) is 0 Å². The summed E-state index contributed by atoms with van der Waals surface area (Å²) in [7, 11) is 1.63. The molecule has 1 aliphatic heterocycles. The van der Waals surface area contributed by atoms with Gasteiger partial charge in [0.2, 0.25) is 0 Å². The summed E-state index contributed by atoms with van der Waals surface area (Å²) >= 11 is 0. The molecular weight excluding hydrogens is 224 g/mol. The molecule has 0 aromatic heterocycles. The molecule has 0 bridgehead atoms. The average Bonchev–Trinajstić information content (AvgIpc) is 2.34. The van der Waals surface area contributed by atoms with Gasteiger partial charge in [-0.05, 0) is 25.7 Å². The monoisotopic (exact) mass is 246 g/mol. The predicted octanol–water partition coefficient (Wildman–Crippen LogP) is 1.31. The first kappa shape index (κ1) is 14.4. The van der Waals surface area contributed by atoms with Crippen LogP contribution in [0.5, 0.6) is 0 Å². The maximum absolute atomic E-state index is 11.3. The molecule has 0 amide bonds. The number of ether oxygens (including phenoxy) is 3. The maximum Gasteiger partial charge on any atom is 0.309 e. The van der Waals surface area contributed by atoms with Crippen LogP contribution in [0.3, 0.4) is 0 Å². The largest absolute Gasteiger partial charge is 0.481 e. The minimum absolute atomic E-state index is 0.552. The first-order chi connectivity index (χ1) is 8.21. The van der Waals surface area contributed by atoms with Crippen LogP contribution in [0.4, 0.5) is 0 Å². The van der Waals surface area contributed by atoms with E-state index in [1.807, 2.05) is 0 Å². The number of carbonyl (C=O) groups is 1. The molecule has 5 nitrogen and oxygen atoms in total. The molecule has 0 spiro atoms. The Balaban J connectivity index is 2.23. The van der Waals surface area contributed by atoms with E-state index < -0.39 is 11.4 Å². The lowest BCUT2D eigenvalue weighted by Gasteiger charge is -2.33. The van der Waals surface area contributed by atoms with Crippen LogP contribution in [0.25, 0.3) is 0 Å². The van der Waals surface area contributed by atoms with Crippen molar-refractivity contribution in [2.45, 2.75) is 25.7 Å². The Bertz CT molecular complexity index is 223. The van der Waals surface area contributed by atoms with Crippen molar-refractivity contribution in [2.75, 3.05) is 40.1 Å². The van der Waals surface area contributed by atoms with Gasteiger partial charge in [-0.15, -0.1) is 0 Å². The Kier molecular flexibility index (Phi) is 6.47. The molecule has 0 aromatic carbocycles. The van der Waals surface area contributed by atoms with Gasteiger partial charge in [-0.25, -0.2) is 0 Å². The van der Waals surface area contributed by atoms with Crippen molar-refractivity contribution in [3.8, 4) is 0 Å². The molecule has 5 heteroatoms. The molecule has 1 N–H and O–H groups in total. The molecule has 0 aromatic rings. The number of hydrogen-bond acceptors (Lipinski definition) is 4. The zero-order valence-electron chi connectivity index (χ0n) is 10.4. The molecule has 0 unspecified atom stereocenters. The molecule has 1 heterocycles. The Hall–Kier alpha value is -0.650. The van der Waals surface area contributed by atoms with Crippen LogP contribution in [0.2, 0.25) is 0 Å². The fourth-order valence-corrected chi connectivity index (χ4v) is 2.09. The van der Waals surface area contributed by atoms with Crippen molar-refractivity contribution >= 4 is 5.97 Å². The summed E-state index contributed by atoms with van der Waals surface area (Å²) in [5.41, 5.74) is -0.594. The maximum atomic E-state index is 11.3. The van der Waals surface area contributed by atoms with Crippen LogP contribution in [0.1, 0.15) is 25.7 Å². The highest BCUT2D eigenvalue weighted by atomic mass is 16.5. The lowest BCUT2D eigenvalue weighted by atomic mass is 9.76. The van der Waals surface area contributed by atoms with Crippen molar-refractivity contribution in [2.24, 2.45) is 5.41 Å². The summed E-state index contributed by atoms with van der Waals surface area (Å²) in [5, 5.41) is 9.31. The fourth-order valence-electron chi connectivity index (χ4n) is 2.09. The van der Waals surface area contributed by atoms with Gasteiger partial charge in [0, 0.05) is 26.9 Å². The van der Waals surface area contributed by atoms with Crippen molar-refractivity contribution in [1.29, 1.82) is 0 Å². The van der Waals surface area contributed by atoms with Crippen LogP contribution in [-0.2, 0) is 19.0 Å². The van der Waals surface area contributed by atoms with E-state index in [1.165, 1.54) is 0 Å².